The van der Waals surface area contributed by atoms with Gasteiger partial charge in [0, 0.05) is 30.4 Å². The van der Waals surface area contributed by atoms with E-state index in [1.165, 1.54) is 6.42 Å². The number of hydrogen-bond donors (Lipinski definition) is 1. The van der Waals surface area contributed by atoms with Crippen molar-refractivity contribution in [3.05, 3.63) is 28.2 Å². The first kappa shape index (κ1) is 16.3. The fourth-order valence-electron chi connectivity index (χ4n) is 2.36. The zero-order chi connectivity index (χ0) is 15.2. The Morgan fingerprint density at radius 1 is 1.48 bits per heavy atom. The van der Waals surface area contributed by atoms with E-state index < -0.39 is 0 Å². The molecule has 1 atom stereocenters. The van der Waals surface area contributed by atoms with Crippen LogP contribution in [0.1, 0.15) is 31.2 Å². The number of nitrogens with one attached hydrogen (secondary N) is 1. The molecule has 1 aliphatic heterocycles. The minimum absolute atomic E-state index is 0.0819. The summed E-state index contributed by atoms with van der Waals surface area (Å²) in [6.07, 6.45) is 4.72. The van der Waals surface area contributed by atoms with Crippen LogP contribution in [0.4, 0.5) is 10.5 Å². The summed E-state index contributed by atoms with van der Waals surface area (Å²) in [5.41, 5.74) is 1.95. The van der Waals surface area contributed by atoms with E-state index in [2.05, 4.69) is 21.2 Å². The fraction of sp³-hybridized carbons (Fsp3) is 0.562. The summed E-state index contributed by atoms with van der Waals surface area (Å²) in [7, 11) is 1.82. The van der Waals surface area contributed by atoms with Gasteiger partial charge in [0.1, 0.15) is 0 Å². The number of anilines is 1. The van der Waals surface area contributed by atoms with Gasteiger partial charge in [-0.15, -0.1) is 0 Å². The second-order valence-electron chi connectivity index (χ2n) is 5.59. The number of benzene rings is 1. The monoisotopic (exact) mass is 354 g/mol. The minimum atomic E-state index is -0.0819. The number of urea groups is 1. The number of halogens is 1. The van der Waals surface area contributed by atoms with Crippen LogP contribution in [-0.4, -0.2) is 37.2 Å². The number of nitrogens with zero attached hydrogens (tertiary/aromatic N) is 1. The van der Waals surface area contributed by atoms with E-state index in [-0.39, 0.29) is 6.03 Å². The molecule has 4 nitrogen and oxygen atoms in total. The number of aryl methyl sites for hydroxylation is 1. The average molecular weight is 355 g/mol. The molecule has 0 aliphatic carbocycles. The maximum absolute atomic E-state index is 12.1. The predicted molar refractivity (Wildman–Crippen MR) is 88.7 cm³/mol. The second kappa shape index (κ2) is 7.80. The van der Waals surface area contributed by atoms with E-state index in [9.17, 15) is 4.79 Å². The molecule has 0 radical (unpaired) electrons. The van der Waals surface area contributed by atoms with E-state index in [4.69, 9.17) is 4.74 Å². The highest BCUT2D eigenvalue weighted by Crippen LogP contribution is 2.21. The van der Waals surface area contributed by atoms with Crippen LogP contribution in [0.25, 0.3) is 0 Å². The molecule has 1 aromatic rings. The number of hydrogen-bond acceptors (Lipinski definition) is 2. The lowest BCUT2D eigenvalue weighted by Crippen LogP contribution is -2.34. The zero-order valence-corrected chi connectivity index (χ0v) is 14.3. The Hall–Kier alpha value is -1.07. The Balaban J connectivity index is 1.80. The highest BCUT2D eigenvalue weighted by molar-refractivity contribution is 9.10. The fourth-order valence-corrected chi connectivity index (χ4v) is 2.74. The first-order valence-electron chi connectivity index (χ1n) is 7.46. The van der Waals surface area contributed by atoms with Crippen LogP contribution < -0.4 is 5.32 Å². The molecule has 1 N–H and O–H groups in total. The molecule has 0 aromatic heterocycles. The quantitative estimate of drug-likeness (QED) is 0.880. The summed E-state index contributed by atoms with van der Waals surface area (Å²) in [6, 6.07) is 5.73. The Labute approximate surface area is 135 Å². The van der Waals surface area contributed by atoms with Gasteiger partial charge < -0.3 is 15.0 Å². The largest absolute Gasteiger partial charge is 0.378 e. The Morgan fingerprint density at radius 2 is 2.29 bits per heavy atom. The van der Waals surface area contributed by atoms with Gasteiger partial charge in [-0.3, -0.25) is 0 Å². The highest BCUT2D eigenvalue weighted by atomic mass is 79.9. The van der Waals surface area contributed by atoms with Crippen molar-refractivity contribution < 1.29 is 9.53 Å². The lowest BCUT2D eigenvalue weighted by atomic mass is 10.1. The molecule has 0 spiro atoms. The smallest absolute Gasteiger partial charge is 0.321 e. The molecular weight excluding hydrogens is 332 g/mol. The van der Waals surface area contributed by atoms with E-state index in [0.29, 0.717) is 12.6 Å². The number of carbonyl (C=O) groups is 1. The summed E-state index contributed by atoms with van der Waals surface area (Å²) < 4.78 is 6.69. The summed E-state index contributed by atoms with van der Waals surface area (Å²) in [5, 5.41) is 2.91. The molecule has 2 rings (SSSR count). The molecular formula is C16H23BrN2O2. The van der Waals surface area contributed by atoms with Crippen LogP contribution in [0, 0.1) is 6.92 Å². The van der Waals surface area contributed by atoms with Gasteiger partial charge in [0.05, 0.1) is 6.10 Å². The highest BCUT2D eigenvalue weighted by Gasteiger charge is 2.16. The van der Waals surface area contributed by atoms with Gasteiger partial charge >= 0.3 is 6.03 Å². The third-order valence-corrected chi connectivity index (χ3v) is 4.68. The molecule has 2 amide bonds. The first-order chi connectivity index (χ1) is 10.1. The van der Waals surface area contributed by atoms with Gasteiger partial charge in [-0.05, 0) is 50.3 Å². The Morgan fingerprint density at radius 3 is 2.95 bits per heavy atom. The minimum Gasteiger partial charge on any atom is -0.378 e. The third kappa shape index (κ3) is 5.00. The van der Waals surface area contributed by atoms with Crippen LogP contribution in [0.2, 0.25) is 0 Å². The second-order valence-corrected chi connectivity index (χ2v) is 6.45. The molecule has 1 fully saturated rings. The molecule has 0 saturated carbocycles. The van der Waals surface area contributed by atoms with Crippen LogP contribution in [0.15, 0.2) is 22.7 Å². The SMILES string of the molecule is Cc1ccc(NC(=O)N(C)CCC2CCCCO2)cc1Br. The van der Waals surface area contributed by atoms with E-state index in [1.807, 2.05) is 32.2 Å². The summed E-state index contributed by atoms with van der Waals surface area (Å²) in [6.45, 7) is 3.59. The van der Waals surface area contributed by atoms with Gasteiger partial charge in [0.15, 0.2) is 0 Å². The normalized spacial score (nSPS) is 18.3. The summed E-state index contributed by atoms with van der Waals surface area (Å²) in [5.74, 6) is 0. The lowest BCUT2D eigenvalue weighted by molar-refractivity contribution is 0.00848. The van der Waals surface area contributed by atoms with Crippen LogP contribution in [-0.2, 0) is 4.74 Å². The number of carbonyl (C=O) groups excluding carboxylic acids is 1. The van der Waals surface area contributed by atoms with Gasteiger partial charge in [-0.2, -0.15) is 0 Å². The topological polar surface area (TPSA) is 41.6 Å². The van der Waals surface area contributed by atoms with E-state index in [1.54, 1.807) is 4.90 Å². The van der Waals surface area contributed by atoms with Crippen LogP contribution in [0.3, 0.4) is 0 Å². The van der Waals surface area contributed by atoms with E-state index in [0.717, 1.165) is 41.6 Å². The van der Waals surface area contributed by atoms with Crippen molar-refractivity contribution >= 4 is 27.6 Å². The van der Waals surface area contributed by atoms with Crippen molar-refractivity contribution in [3.8, 4) is 0 Å². The Kier molecular flexibility index (Phi) is 6.06. The number of ether oxygens (including phenoxy) is 1. The maximum Gasteiger partial charge on any atom is 0.321 e. The van der Waals surface area contributed by atoms with E-state index >= 15 is 0 Å². The van der Waals surface area contributed by atoms with Crippen LogP contribution in [0.5, 0.6) is 0 Å². The predicted octanol–water partition coefficient (Wildman–Crippen LogP) is 4.18. The molecule has 116 valence electrons. The standard InChI is InChI=1S/C16H23BrN2O2/c1-12-6-7-13(11-15(12)17)18-16(20)19(2)9-8-14-5-3-4-10-21-14/h6-7,11,14H,3-5,8-10H2,1-2H3,(H,18,20). The van der Waals surface area contributed by atoms with Crippen molar-refractivity contribution in [2.24, 2.45) is 0 Å². The molecule has 1 unspecified atom stereocenters. The molecule has 5 heteroatoms. The first-order valence-corrected chi connectivity index (χ1v) is 8.25. The summed E-state index contributed by atoms with van der Waals surface area (Å²) in [4.78, 5) is 13.9. The molecule has 0 bridgehead atoms. The van der Waals surface area contributed by atoms with Gasteiger partial charge in [-0.1, -0.05) is 22.0 Å². The molecule has 1 aromatic carbocycles. The third-order valence-electron chi connectivity index (χ3n) is 3.83. The number of rotatable bonds is 4. The molecule has 1 aliphatic rings. The maximum atomic E-state index is 12.1. The molecule has 1 saturated heterocycles. The molecule has 21 heavy (non-hydrogen) atoms. The Bertz CT molecular complexity index is 487. The van der Waals surface area contributed by atoms with Crippen molar-refractivity contribution in [3.63, 3.8) is 0 Å². The number of amides is 2. The van der Waals surface area contributed by atoms with Crippen LogP contribution >= 0.6 is 15.9 Å². The molecule has 1 heterocycles. The van der Waals surface area contributed by atoms with Gasteiger partial charge in [-0.25, -0.2) is 4.79 Å². The van der Waals surface area contributed by atoms with Crippen molar-refractivity contribution in [2.75, 3.05) is 25.5 Å². The van der Waals surface area contributed by atoms with Crippen molar-refractivity contribution in [1.82, 2.24) is 4.90 Å². The zero-order valence-electron chi connectivity index (χ0n) is 12.7. The van der Waals surface area contributed by atoms with Gasteiger partial charge in [0.2, 0.25) is 0 Å². The van der Waals surface area contributed by atoms with Gasteiger partial charge in [0.25, 0.3) is 0 Å². The van der Waals surface area contributed by atoms with Crippen molar-refractivity contribution in [1.29, 1.82) is 0 Å². The summed E-state index contributed by atoms with van der Waals surface area (Å²) >= 11 is 3.47. The van der Waals surface area contributed by atoms with Crippen molar-refractivity contribution in [2.45, 2.75) is 38.7 Å². The average Bonchev–Trinajstić information content (AvgIpc) is 2.49. The lowest BCUT2D eigenvalue weighted by Gasteiger charge is -2.25.